The molecule has 202 valence electrons. The Hall–Kier alpha value is -3.26. The molecule has 0 bridgehead atoms. The number of anilines is 2. The Morgan fingerprint density at radius 2 is 1.81 bits per heavy atom. The van der Waals surface area contributed by atoms with Gasteiger partial charge in [0.25, 0.3) is 10.0 Å². The first-order valence-electron chi connectivity index (χ1n) is 10.6. The summed E-state index contributed by atoms with van der Waals surface area (Å²) in [5.41, 5.74) is -3.15. The molecule has 15 heteroatoms. The fourth-order valence-electron chi connectivity index (χ4n) is 3.20. The summed E-state index contributed by atoms with van der Waals surface area (Å²) in [5.74, 6) is -1.18. The molecule has 0 fully saturated rings. The van der Waals surface area contributed by atoms with Crippen LogP contribution in [0.3, 0.4) is 0 Å². The number of nitrogens with one attached hydrogen (secondary N) is 2. The van der Waals surface area contributed by atoms with Gasteiger partial charge in [0, 0.05) is 12.6 Å². The van der Waals surface area contributed by atoms with Crippen LogP contribution in [-0.2, 0) is 19.6 Å². The van der Waals surface area contributed by atoms with Crippen LogP contribution in [0.1, 0.15) is 20.8 Å². The summed E-state index contributed by atoms with van der Waals surface area (Å²) in [6, 6.07) is 6.25. The Balaban J connectivity index is 2.01. The van der Waals surface area contributed by atoms with E-state index in [4.69, 9.17) is 16.3 Å². The first-order chi connectivity index (χ1) is 17.0. The van der Waals surface area contributed by atoms with Gasteiger partial charge in [0.15, 0.2) is 5.75 Å². The zero-order chi connectivity index (χ0) is 27.8. The van der Waals surface area contributed by atoms with Gasteiger partial charge in [-0.1, -0.05) is 11.6 Å². The maximum Gasteiger partial charge on any atom is 0.427 e. The Labute approximate surface area is 214 Å². The lowest BCUT2D eigenvalue weighted by Crippen LogP contribution is -2.48. The number of carbonyl (C=O) groups is 2. The normalized spacial score (nSPS) is 15.9. The van der Waals surface area contributed by atoms with Crippen molar-refractivity contribution in [2.24, 2.45) is 0 Å². The highest BCUT2D eigenvalue weighted by Crippen LogP contribution is 2.44. The van der Waals surface area contributed by atoms with Gasteiger partial charge in [-0.3, -0.25) is 14.4 Å². The number of ether oxygens (including phenoxy) is 2. The highest BCUT2D eigenvalue weighted by molar-refractivity contribution is 7.92. The number of carbonyl (C=O) groups excluding carboxylic acids is 2. The minimum absolute atomic E-state index is 0.0839. The number of alkyl halides is 3. The van der Waals surface area contributed by atoms with E-state index in [0.29, 0.717) is 13.8 Å². The van der Waals surface area contributed by atoms with Crippen LogP contribution in [0.2, 0.25) is 5.02 Å². The summed E-state index contributed by atoms with van der Waals surface area (Å²) in [7, 11) is -4.35. The zero-order valence-corrected chi connectivity index (χ0v) is 21.2. The first-order valence-corrected chi connectivity index (χ1v) is 12.4. The fourth-order valence-corrected chi connectivity index (χ4v) is 4.95. The molecule has 0 saturated heterocycles. The lowest BCUT2D eigenvalue weighted by Gasteiger charge is -2.36. The Bertz CT molecular complexity index is 1300. The molecule has 3 rings (SSSR count). The first kappa shape index (κ1) is 28.3. The van der Waals surface area contributed by atoms with E-state index in [9.17, 15) is 35.6 Å². The predicted molar refractivity (Wildman–Crippen MR) is 126 cm³/mol. The lowest BCUT2D eigenvalue weighted by atomic mass is 10.1. The standard InChI is InChI=1S/C22H22ClF4N3O6S/c1-12(31)28-10-15-11-30(37(33,34)16-6-4-13(24)5-7-16)18-9-14(8-17(23)19(18)35-15)29-20(32)36-21(2,3)22(25,26)27/h4-9,15H,10-11H2,1-3H3,(H,28,31)(H,29,32)/t15-/m0/s1. The van der Waals surface area contributed by atoms with Crippen LogP contribution in [0.15, 0.2) is 41.3 Å². The molecule has 2 aromatic carbocycles. The van der Waals surface area contributed by atoms with E-state index in [0.717, 1.165) is 40.7 Å². The van der Waals surface area contributed by atoms with Crippen molar-refractivity contribution in [3.63, 3.8) is 0 Å². The number of amides is 2. The highest BCUT2D eigenvalue weighted by Gasteiger charge is 2.51. The molecule has 1 heterocycles. The summed E-state index contributed by atoms with van der Waals surface area (Å²) in [6.45, 7) is 2.17. The topological polar surface area (TPSA) is 114 Å². The summed E-state index contributed by atoms with van der Waals surface area (Å²) in [4.78, 5) is 23.3. The third-order valence-corrected chi connectivity index (χ3v) is 7.28. The molecule has 1 aliphatic rings. The maximum absolute atomic E-state index is 13.5. The minimum atomic E-state index is -4.85. The Morgan fingerprint density at radius 1 is 1.19 bits per heavy atom. The fraction of sp³-hybridized carbons (Fsp3) is 0.364. The molecule has 0 aromatic heterocycles. The van der Waals surface area contributed by atoms with E-state index in [1.165, 1.54) is 6.92 Å². The molecular formula is C22H22ClF4N3O6S. The van der Waals surface area contributed by atoms with Gasteiger partial charge in [-0.05, 0) is 50.2 Å². The minimum Gasteiger partial charge on any atom is -0.483 e. The van der Waals surface area contributed by atoms with Gasteiger partial charge in [-0.25, -0.2) is 17.6 Å². The van der Waals surface area contributed by atoms with E-state index in [1.54, 1.807) is 0 Å². The van der Waals surface area contributed by atoms with Gasteiger partial charge in [-0.2, -0.15) is 13.2 Å². The van der Waals surface area contributed by atoms with Crippen molar-refractivity contribution in [1.82, 2.24) is 5.32 Å². The van der Waals surface area contributed by atoms with Crippen molar-refractivity contribution in [2.45, 2.75) is 43.5 Å². The highest BCUT2D eigenvalue weighted by atomic mass is 35.5. The number of fused-ring (bicyclic) bond motifs is 1. The average Bonchev–Trinajstić information content (AvgIpc) is 2.76. The summed E-state index contributed by atoms with van der Waals surface area (Å²) in [5, 5.41) is 4.43. The molecule has 1 atom stereocenters. The van der Waals surface area contributed by atoms with Crippen molar-refractivity contribution < 1.29 is 45.0 Å². The van der Waals surface area contributed by atoms with Crippen LogP contribution in [0.5, 0.6) is 5.75 Å². The second kappa shape index (κ2) is 10.2. The monoisotopic (exact) mass is 567 g/mol. The molecule has 0 aliphatic carbocycles. The van der Waals surface area contributed by atoms with Crippen LogP contribution in [0.4, 0.5) is 33.7 Å². The number of sulfonamides is 1. The molecule has 0 radical (unpaired) electrons. The predicted octanol–water partition coefficient (Wildman–Crippen LogP) is 4.46. The summed E-state index contributed by atoms with van der Waals surface area (Å²) < 4.78 is 90.7. The average molecular weight is 568 g/mol. The molecular weight excluding hydrogens is 546 g/mol. The van der Waals surface area contributed by atoms with Gasteiger partial charge in [0.1, 0.15) is 11.9 Å². The zero-order valence-electron chi connectivity index (χ0n) is 19.7. The van der Waals surface area contributed by atoms with Crippen molar-refractivity contribution >= 4 is 45.0 Å². The van der Waals surface area contributed by atoms with Crippen LogP contribution < -0.4 is 19.7 Å². The van der Waals surface area contributed by atoms with Crippen molar-refractivity contribution in [2.75, 3.05) is 22.7 Å². The number of rotatable bonds is 6. The van der Waals surface area contributed by atoms with Gasteiger partial charge in [0.05, 0.1) is 28.7 Å². The molecule has 2 amide bonds. The summed E-state index contributed by atoms with van der Waals surface area (Å²) in [6.07, 6.45) is -7.21. The van der Waals surface area contributed by atoms with Gasteiger partial charge in [-0.15, -0.1) is 0 Å². The van der Waals surface area contributed by atoms with E-state index >= 15 is 0 Å². The van der Waals surface area contributed by atoms with E-state index in [-0.39, 0.29) is 40.1 Å². The number of hydrogen-bond donors (Lipinski definition) is 2. The van der Waals surface area contributed by atoms with Gasteiger partial charge >= 0.3 is 12.3 Å². The molecule has 0 unspecified atom stereocenters. The largest absolute Gasteiger partial charge is 0.483 e. The maximum atomic E-state index is 13.5. The quantitative estimate of drug-likeness (QED) is 0.498. The Kier molecular flexibility index (Phi) is 7.84. The SMILES string of the molecule is CC(=O)NC[C@H]1CN(S(=O)(=O)c2ccc(F)cc2)c2cc(NC(=O)OC(C)(C)C(F)(F)F)cc(Cl)c2O1. The molecule has 2 N–H and O–H groups in total. The molecule has 2 aromatic rings. The lowest BCUT2D eigenvalue weighted by molar-refractivity contribution is -0.242. The van der Waals surface area contributed by atoms with Crippen molar-refractivity contribution in [3.8, 4) is 5.75 Å². The number of benzene rings is 2. The Morgan fingerprint density at radius 3 is 2.38 bits per heavy atom. The van der Waals surface area contributed by atoms with E-state index in [2.05, 4.69) is 15.4 Å². The summed E-state index contributed by atoms with van der Waals surface area (Å²) >= 11 is 6.29. The van der Waals surface area contributed by atoms with E-state index in [1.807, 2.05) is 0 Å². The second-order valence-electron chi connectivity index (χ2n) is 8.50. The third-order valence-electron chi connectivity index (χ3n) is 5.20. The number of hydrogen-bond acceptors (Lipinski definition) is 6. The second-order valence-corrected chi connectivity index (χ2v) is 10.8. The third kappa shape index (κ3) is 6.36. The van der Waals surface area contributed by atoms with E-state index < -0.39 is 45.7 Å². The number of nitrogens with zero attached hydrogens (tertiary/aromatic N) is 1. The van der Waals surface area contributed by atoms with Crippen LogP contribution in [0, 0.1) is 5.82 Å². The molecule has 9 nitrogen and oxygen atoms in total. The van der Waals surface area contributed by atoms with Gasteiger partial charge < -0.3 is 14.8 Å². The van der Waals surface area contributed by atoms with Crippen LogP contribution in [-0.4, -0.2) is 51.4 Å². The smallest absolute Gasteiger partial charge is 0.427 e. The number of halogens is 5. The van der Waals surface area contributed by atoms with Gasteiger partial charge in [0.2, 0.25) is 11.5 Å². The molecule has 0 saturated carbocycles. The van der Waals surface area contributed by atoms with Crippen LogP contribution >= 0.6 is 11.6 Å². The van der Waals surface area contributed by atoms with Crippen molar-refractivity contribution in [3.05, 3.63) is 47.2 Å². The molecule has 37 heavy (non-hydrogen) atoms. The van der Waals surface area contributed by atoms with Crippen LogP contribution in [0.25, 0.3) is 0 Å². The molecule has 1 aliphatic heterocycles. The molecule has 0 spiro atoms. The van der Waals surface area contributed by atoms with Crippen molar-refractivity contribution in [1.29, 1.82) is 0 Å².